The second-order valence-electron chi connectivity index (χ2n) is 4.17. The van der Waals surface area contributed by atoms with E-state index in [0.717, 1.165) is 12.0 Å². The van der Waals surface area contributed by atoms with Gasteiger partial charge in [0.2, 0.25) is 0 Å². The molecule has 1 rings (SSSR count). The average Bonchev–Trinajstić information content (AvgIpc) is 2.30. The van der Waals surface area contributed by atoms with Crippen LogP contribution in [0.3, 0.4) is 0 Å². The van der Waals surface area contributed by atoms with Gasteiger partial charge in [-0.3, -0.25) is 0 Å². The molecule has 0 radical (unpaired) electrons. The van der Waals surface area contributed by atoms with Gasteiger partial charge in [-0.25, -0.2) is 4.39 Å². The molecule has 1 aromatic rings. The monoisotopic (exact) mass is 289 g/mol. The Bertz CT molecular complexity index is 353. The summed E-state index contributed by atoms with van der Waals surface area (Å²) in [5.41, 5.74) is 0.710. The van der Waals surface area contributed by atoms with Crippen LogP contribution in [0.5, 0.6) is 0 Å². The number of hydrogen-bond acceptors (Lipinski definition) is 2. The highest BCUT2D eigenvalue weighted by Gasteiger charge is 2.19. The standard InChI is InChI=1S/C12H17BrFNO/c1-3-12(2,8-16)15-7-9-4-5-11(14)10(13)6-9/h4-6,15-16H,3,7-8H2,1-2H3. The minimum Gasteiger partial charge on any atom is -0.394 e. The van der Waals surface area contributed by atoms with Crippen LogP contribution >= 0.6 is 15.9 Å². The summed E-state index contributed by atoms with van der Waals surface area (Å²) in [6, 6.07) is 4.92. The molecule has 0 aliphatic heterocycles. The van der Waals surface area contributed by atoms with Crippen molar-refractivity contribution in [1.29, 1.82) is 0 Å². The van der Waals surface area contributed by atoms with E-state index in [2.05, 4.69) is 21.2 Å². The third kappa shape index (κ3) is 3.54. The predicted octanol–water partition coefficient (Wildman–Crippen LogP) is 2.84. The number of hydrogen-bond donors (Lipinski definition) is 2. The zero-order valence-corrected chi connectivity index (χ0v) is 11.1. The number of aliphatic hydroxyl groups is 1. The smallest absolute Gasteiger partial charge is 0.137 e. The molecule has 0 aromatic heterocycles. The summed E-state index contributed by atoms with van der Waals surface area (Å²) in [4.78, 5) is 0. The largest absolute Gasteiger partial charge is 0.394 e. The summed E-state index contributed by atoms with van der Waals surface area (Å²) in [7, 11) is 0. The van der Waals surface area contributed by atoms with Crippen molar-refractivity contribution >= 4 is 15.9 Å². The van der Waals surface area contributed by atoms with E-state index in [4.69, 9.17) is 0 Å². The molecule has 1 atom stereocenters. The molecule has 90 valence electrons. The molecule has 0 aliphatic rings. The Balaban J connectivity index is 2.64. The SMILES string of the molecule is CCC(C)(CO)NCc1ccc(F)c(Br)c1. The molecular weight excluding hydrogens is 273 g/mol. The van der Waals surface area contributed by atoms with Gasteiger partial charge in [-0.05, 0) is 47.0 Å². The summed E-state index contributed by atoms with van der Waals surface area (Å²) >= 11 is 3.15. The zero-order chi connectivity index (χ0) is 12.2. The van der Waals surface area contributed by atoms with Crippen LogP contribution in [0.1, 0.15) is 25.8 Å². The lowest BCUT2D eigenvalue weighted by atomic mass is 10.00. The maximum Gasteiger partial charge on any atom is 0.137 e. The van der Waals surface area contributed by atoms with E-state index in [1.54, 1.807) is 12.1 Å². The van der Waals surface area contributed by atoms with Crippen molar-refractivity contribution < 1.29 is 9.50 Å². The normalized spacial score (nSPS) is 14.8. The second kappa shape index (κ2) is 5.75. The number of halogens is 2. The van der Waals surface area contributed by atoms with Crippen molar-refractivity contribution in [3.05, 3.63) is 34.1 Å². The molecule has 0 saturated heterocycles. The molecule has 0 saturated carbocycles. The lowest BCUT2D eigenvalue weighted by Crippen LogP contribution is -2.44. The molecule has 0 fully saturated rings. The van der Waals surface area contributed by atoms with E-state index in [1.807, 2.05) is 13.8 Å². The number of nitrogens with one attached hydrogen (secondary N) is 1. The Morgan fingerprint density at radius 2 is 2.19 bits per heavy atom. The molecule has 1 aromatic carbocycles. The van der Waals surface area contributed by atoms with Gasteiger partial charge in [0.25, 0.3) is 0 Å². The van der Waals surface area contributed by atoms with Crippen molar-refractivity contribution in [2.24, 2.45) is 0 Å². The summed E-state index contributed by atoms with van der Waals surface area (Å²) in [5, 5.41) is 12.5. The van der Waals surface area contributed by atoms with Gasteiger partial charge in [-0.15, -0.1) is 0 Å². The molecule has 0 amide bonds. The van der Waals surface area contributed by atoms with Gasteiger partial charge in [0.1, 0.15) is 5.82 Å². The fourth-order valence-electron chi connectivity index (χ4n) is 1.26. The van der Waals surface area contributed by atoms with Gasteiger partial charge in [0.15, 0.2) is 0 Å². The van der Waals surface area contributed by atoms with Crippen molar-refractivity contribution in [3.63, 3.8) is 0 Å². The first-order valence-corrected chi connectivity index (χ1v) is 6.10. The van der Waals surface area contributed by atoms with Crippen LogP contribution in [0, 0.1) is 5.82 Å². The Morgan fingerprint density at radius 1 is 1.50 bits per heavy atom. The van der Waals surface area contributed by atoms with Crippen LogP contribution in [0.15, 0.2) is 22.7 Å². The minimum absolute atomic E-state index is 0.0892. The maximum atomic E-state index is 13.0. The Kier molecular flexibility index (Phi) is 4.89. The number of aliphatic hydroxyl groups excluding tert-OH is 1. The number of rotatable bonds is 5. The molecule has 0 heterocycles. The minimum atomic E-state index is -0.277. The fourth-order valence-corrected chi connectivity index (χ4v) is 1.68. The third-order valence-electron chi connectivity index (χ3n) is 2.83. The Hall–Kier alpha value is -0.450. The van der Waals surface area contributed by atoms with Crippen molar-refractivity contribution in [2.45, 2.75) is 32.4 Å². The summed E-state index contributed by atoms with van der Waals surface area (Å²) in [5.74, 6) is -0.260. The lowest BCUT2D eigenvalue weighted by Gasteiger charge is -2.27. The molecular formula is C12H17BrFNO. The first kappa shape index (κ1) is 13.6. The van der Waals surface area contributed by atoms with Gasteiger partial charge in [0.05, 0.1) is 11.1 Å². The predicted molar refractivity (Wildman–Crippen MR) is 66.7 cm³/mol. The number of benzene rings is 1. The molecule has 2 N–H and O–H groups in total. The van der Waals surface area contributed by atoms with Gasteiger partial charge < -0.3 is 10.4 Å². The van der Waals surface area contributed by atoms with Crippen molar-refractivity contribution in [2.75, 3.05) is 6.61 Å². The van der Waals surface area contributed by atoms with Crippen LogP contribution in [0.2, 0.25) is 0 Å². The quantitative estimate of drug-likeness (QED) is 0.874. The third-order valence-corrected chi connectivity index (χ3v) is 3.44. The van der Waals surface area contributed by atoms with E-state index in [1.165, 1.54) is 6.07 Å². The first-order chi connectivity index (χ1) is 7.50. The van der Waals surface area contributed by atoms with Crippen molar-refractivity contribution in [3.8, 4) is 0 Å². The van der Waals surface area contributed by atoms with Crippen LogP contribution in [-0.4, -0.2) is 17.3 Å². The van der Waals surface area contributed by atoms with Gasteiger partial charge in [-0.1, -0.05) is 13.0 Å². The zero-order valence-electron chi connectivity index (χ0n) is 9.56. The van der Waals surface area contributed by atoms with Crippen LogP contribution in [0.25, 0.3) is 0 Å². The van der Waals surface area contributed by atoms with Crippen molar-refractivity contribution in [1.82, 2.24) is 5.32 Å². The summed E-state index contributed by atoms with van der Waals surface area (Å²) < 4.78 is 13.5. The first-order valence-electron chi connectivity index (χ1n) is 5.30. The summed E-state index contributed by atoms with van der Waals surface area (Å²) in [6.07, 6.45) is 0.839. The van der Waals surface area contributed by atoms with E-state index < -0.39 is 0 Å². The highest BCUT2D eigenvalue weighted by Crippen LogP contribution is 2.17. The molecule has 0 spiro atoms. The molecule has 16 heavy (non-hydrogen) atoms. The molecule has 2 nitrogen and oxygen atoms in total. The topological polar surface area (TPSA) is 32.3 Å². The van der Waals surface area contributed by atoms with Crippen LogP contribution in [0.4, 0.5) is 4.39 Å². The van der Waals surface area contributed by atoms with E-state index in [0.29, 0.717) is 11.0 Å². The van der Waals surface area contributed by atoms with Gasteiger partial charge >= 0.3 is 0 Å². The Morgan fingerprint density at radius 3 is 2.69 bits per heavy atom. The van der Waals surface area contributed by atoms with Crippen LogP contribution in [-0.2, 0) is 6.54 Å². The Labute approximate surface area is 104 Å². The average molecular weight is 290 g/mol. The van der Waals surface area contributed by atoms with E-state index >= 15 is 0 Å². The summed E-state index contributed by atoms with van der Waals surface area (Å²) in [6.45, 7) is 4.69. The molecule has 4 heteroatoms. The van der Waals surface area contributed by atoms with Gasteiger partial charge in [0, 0.05) is 12.1 Å². The molecule has 1 unspecified atom stereocenters. The van der Waals surface area contributed by atoms with E-state index in [9.17, 15) is 9.50 Å². The maximum absolute atomic E-state index is 13.0. The molecule has 0 bridgehead atoms. The highest BCUT2D eigenvalue weighted by molar-refractivity contribution is 9.10. The fraction of sp³-hybridized carbons (Fsp3) is 0.500. The highest BCUT2D eigenvalue weighted by atomic mass is 79.9. The van der Waals surface area contributed by atoms with Crippen LogP contribution < -0.4 is 5.32 Å². The molecule has 0 aliphatic carbocycles. The van der Waals surface area contributed by atoms with Gasteiger partial charge in [-0.2, -0.15) is 0 Å². The second-order valence-corrected chi connectivity index (χ2v) is 5.03. The lowest BCUT2D eigenvalue weighted by molar-refractivity contribution is 0.169. The van der Waals surface area contributed by atoms with E-state index in [-0.39, 0.29) is 18.0 Å².